The van der Waals surface area contributed by atoms with Crippen molar-refractivity contribution in [3.8, 4) is 0 Å². The predicted molar refractivity (Wildman–Crippen MR) is 60.0 cm³/mol. The summed E-state index contributed by atoms with van der Waals surface area (Å²) in [5.41, 5.74) is 0. The minimum Gasteiger partial charge on any atom is -0.317 e. The molecular formula is C9H17N5S. The second-order valence-corrected chi connectivity index (χ2v) is 4.75. The van der Waals surface area contributed by atoms with E-state index in [0.29, 0.717) is 6.04 Å². The highest BCUT2D eigenvalue weighted by Crippen LogP contribution is 2.36. The lowest BCUT2D eigenvalue weighted by molar-refractivity contribution is 0.565. The molecule has 0 amide bonds. The predicted octanol–water partition coefficient (Wildman–Crippen LogP) is 1.10. The third-order valence-electron chi connectivity index (χ3n) is 2.33. The fourth-order valence-corrected chi connectivity index (χ4v) is 2.25. The average Bonchev–Trinajstić information content (AvgIpc) is 2.99. The molecule has 1 N–H and O–H groups in total. The number of hydrogen-bond acceptors (Lipinski definition) is 5. The van der Waals surface area contributed by atoms with Gasteiger partial charge >= 0.3 is 0 Å². The van der Waals surface area contributed by atoms with Crippen LogP contribution in [-0.2, 0) is 0 Å². The first-order chi connectivity index (χ1) is 7.42. The van der Waals surface area contributed by atoms with Crippen LogP contribution in [0.2, 0.25) is 0 Å². The normalized spacial score (nSPS) is 15.8. The van der Waals surface area contributed by atoms with Gasteiger partial charge in [-0.15, -0.1) is 5.10 Å². The number of hydrogen-bond donors (Lipinski definition) is 1. The second-order valence-electron chi connectivity index (χ2n) is 3.69. The fraction of sp³-hybridized carbons (Fsp3) is 0.889. The third kappa shape index (κ3) is 3.17. The Morgan fingerprint density at radius 3 is 3.13 bits per heavy atom. The van der Waals surface area contributed by atoms with Crippen LogP contribution in [0.15, 0.2) is 5.16 Å². The van der Waals surface area contributed by atoms with Crippen molar-refractivity contribution >= 4 is 11.8 Å². The van der Waals surface area contributed by atoms with Crippen molar-refractivity contribution in [2.24, 2.45) is 0 Å². The van der Waals surface area contributed by atoms with Crippen molar-refractivity contribution in [3.63, 3.8) is 0 Å². The maximum atomic E-state index is 4.04. The summed E-state index contributed by atoms with van der Waals surface area (Å²) < 4.78 is 1.97. The van der Waals surface area contributed by atoms with Gasteiger partial charge in [0.25, 0.3) is 0 Å². The average molecular weight is 227 g/mol. The molecule has 1 aromatic rings. The summed E-state index contributed by atoms with van der Waals surface area (Å²) >= 11 is 1.76. The molecule has 15 heavy (non-hydrogen) atoms. The molecule has 1 saturated carbocycles. The standard InChI is InChI=1S/C9H17N5S/c1-2-10-6-3-7-15-9-11-12-13-14(9)8-4-5-8/h8,10H,2-7H2,1H3. The van der Waals surface area contributed by atoms with Gasteiger partial charge in [-0.3, -0.25) is 0 Å². The van der Waals surface area contributed by atoms with E-state index in [2.05, 4.69) is 27.8 Å². The number of aromatic nitrogens is 4. The summed E-state index contributed by atoms with van der Waals surface area (Å²) in [6, 6.07) is 0.580. The van der Waals surface area contributed by atoms with Crippen molar-refractivity contribution < 1.29 is 0 Å². The Labute approximate surface area is 94.0 Å². The van der Waals surface area contributed by atoms with Crippen molar-refractivity contribution in [3.05, 3.63) is 0 Å². The minimum atomic E-state index is 0.580. The van der Waals surface area contributed by atoms with Crippen LogP contribution in [0.4, 0.5) is 0 Å². The van der Waals surface area contributed by atoms with Gasteiger partial charge in [0.1, 0.15) is 0 Å². The lowest BCUT2D eigenvalue weighted by Gasteiger charge is -2.02. The van der Waals surface area contributed by atoms with Crippen LogP contribution >= 0.6 is 11.8 Å². The van der Waals surface area contributed by atoms with Crippen LogP contribution < -0.4 is 5.32 Å². The first-order valence-electron chi connectivity index (χ1n) is 5.53. The molecule has 1 aromatic heterocycles. The fourth-order valence-electron chi connectivity index (χ4n) is 1.37. The van der Waals surface area contributed by atoms with E-state index in [9.17, 15) is 0 Å². The summed E-state index contributed by atoms with van der Waals surface area (Å²) in [5.74, 6) is 1.08. The molecule has 1 heterocycles. The van der Waals surface area contributed by atoms with Crippen molar-refractivity contribution in [1.29, 1.82) is 0 Å². The molecule has 0 aromatic carbocycles. The highest BCUT2D eigenvalue weighted by Gasteiger charge is 2.27. The Hall–Kier alpha value is -0.620. The van der Waals surface area contributed by atoms with E-state index in [-0.39, 0.29) is 0 Å². The van der Waals surface area contributed by atoms with Crippen LogP contribution in [-0.4, -0.2) is 39.0 Å². The molecule has 6 heteroatoms. The molecule has 0 bridgehead atoms. The summed E-state index contributed by atoms with van der Waals surface area (Å²) in [6.07, 6.45) is 3.63. The molecular weight excluding hydrogens is 210 g/mol. The number of tetrazole rings is 1. The molecule has 2 rings (SSSR count). The van der Waals surface area contributed by atoms with Gasteiger partial charge < -0.3 is 5.32 Å². The molecule has 1 aliphatic rings. The monoisotopic (exact) mass is 227 g/mol. The Balaban J connectivity index is 1.70. The van der Waals surface area contributed by atoms with Crippen LogP contribution in [0.5, 0.6) is 0 Å². The maximum Gasteiger partial charge on any atom is 0.209 e. The molecule has 1 fully saturated rings. The van der Waals surface area contributed by atoms with Gasteiger partial charge in [0.15, 0.2) is 0 Å². The Morgan fingerprint density at radius 2 is 2.40 bits per heavy atom. The highest BCUT2D eigenvalue weighted by atomic mass is 32.2. The quantitative estimate of drug-likeness (QED) is 0.558. The maximum absolute atomic E-state index is 4.04. The van der Waals surface area contributed by atoms with Crippen molar-refractivity contribution in [2.45, 2.75) is 37.4 Å². The van der Waals surface area contributed by atoms with E-state index < -0.39 is 0 Å². The Morgan fingerprint density at radius 1 is 1.53 bits per heavy atom. The van der Waals surface area contributed by atoms with Crippen LogP contribution in [0.1, 0.15) is 32.2 Å². The SMILES string of the molecule is CCNCCCSc1nnnn1C1CC1. The Kier molecular flexibility index (Phi) is 3.96. The van der Waals surface area contributed by atoms with E-state index in [4.69, 9.17) is 0 Å². The van der Waals surface area contributed by atoms with Crippen LogP contribution in [0, 0.1) is 0 Å². The largest absolute Gasteiger partial charge is 0.317 e. The molecule has 0 radical (unpaired) electrons. The molecule has 0 saturated heterocycles. The smallest absolute Gasteiger partial charge is 0.209 e. The second kappa shape index (κ2) is 5.46. The Bertz CT molecular complexity index is 296. The molecule has 0 aliphatic heterocycles. The zero-order chi connectivity index (χ0) is 10.5. The number of nitrogens with one attached hydrogen (secondary N) is 1. The zero-order valence-corrected chi connectivity index (χ0v) is 9.83. The third-order valence-corrected chi connectivity index (χ3v) is 3.35. The molecule has 0 atom stereocenters. The lowest BCUT2D eigenvalue weighted by Crippen LogP contribution is -2.14. The lowest BCUT2D eigenvalue weighted by atomic mass is 10.5. The van der Waals surface area contributed by atoms with Crippen LogP contribution in [0.3, 0.4) is 0 Å². The van der Waals surface area contributed by atoms with Crippen LogP contribution in [0.25, 0.3) is 0 Å². The number of thioether (sulfide) groups is 1. The minimum absolute atomic E-state index is 0.580. The van der Waals surface area contributed by atoms with Gasteiger partial charge in [-0.05, 0) is 42.8 Å². The van der Waals surface area contributed by atoms with Gasteiger partial charge in [0, 0.05) is 5.75 Å². The molecule has 0 unspecified atom stereocenters. The van der Waals surface area contributed by atoms with E-state index in [1.165, 1.54) is 12.8 Å². The van der Waals surface area contributed by atoms with E-state index >= 15 is 0 Å². The zero-order valence-electron chi connectivity index (χ0n) is 9.02. The summed E-state index contributed by atoms with van der Waals surface area (Å²) in [4.78, 5) is 0. The first-order valence-corrected chi connectivity index (χ1v) is 6.51. The number of nitrogens with zero attached hydrogens (tertiary/aromatic N) is 4. The summed E-state index contributed by atoms with van der Waals surface area (Å²) in [6.45, 7) is 4.25. The highest BCUT2D eigenvalue weighted by molar-refractivity contribution is 7.99. The molecule has 1 aliphatic carbocycles. The van der Waals surface area contributed by atoms with E-state index in [1.54, 1.807) is 11.8 Å². The number of rotatable bonds is 7. The summed E-state index contributed by atoms with van der Waals surface area (Å²) in [5, 5.41) is 16.1. The van der Waals surface area contributed by atoms with Gasteiger partial charge in [-0.1, -0.05) is 18.7 Å². The van der Waals surface area contributed by atoms with Gasteiger partial charge in [0.05, 0.1) is 6.04 Å². The van der Waals surface area contributed by atoms with Gasteiger partial charge in [0.2, 0.25) is 5.16 Å². The van der Waals surface area contributed by atoms with E-state index in [1.807, 2.05) is 4.68 Å². The van der Waals surface area contributed by atoms with Crippen molar-refractivity contribution in [2.75, 3.05) is 18.8 Å². The molecule has 5 nitrogen and oxygen atoms in total. The van der Waals surface area contributed by atoms with Crippen molar-refractivity contribution in [1.82, 2.24) is 25.5 Å². The summed E-state index contributed by atoms with van der Waals surface area (Å²) in [7, 11) is 0. The van der Waals surface area contributed by atoms with Gasteiger partial charge in [-0.2, -0.15) is 0 Å². The molecule has 0 spiro atoms. The van der Waals surface area contributed by atoms with E-state index in [0.717, 1.165) is 30.4 Å². The topological polar surface area (TPSA) is 55.6 Å². The first kappa shape index (κ1) is 10.9. The van der Waals surface area contributed by atoms with Gasteiger partial charge in [-0.25, -0.2) is 4.68 Å². The molecule has 84 valence electrons.